The minimum absolute atomic E-state index is 0.112. The monoisotopic (exact) mass is 631 g/mol. The Labute approximate surface area is 247 Å². The molecule has 0 aromatic heterocycles. The van der Waals surface area contributed by atoms with E-state index >= 15 is 0 Å². The lowest BCUT2D eigenvalue weighted by atomic mass is 9.84. The van der Waals surface area contributed by atoms with Crippen LogP contribution in [0.3, 0.4) is 0 Å². The minimum Gasteiger partial charge on any atom is -0.477 e. The highest BCUT2D eigenvalue weighted by Crippen LogP contribution is 2.38. The summed E-state index contributed by atoms with van der Waals surface area (Å²) >= 11 is 0. The second kappa shape index (κ2) is 15.4. The first kappa shape index (κ1) is 36.3. The molecule has 12 N–H and O–H groups in total. The molecule has 0 aliphatic carbocycles. The molecule has 5 unspecified atom stereocenters. The number of carboxylic acid groups (broad SMARTS) is 1. The molecular weight excluding hydrogens is 586 g/mol. The molecule has 18 heteroatoms. The van der Waals surface area contributed by atoms with E-state index in [1.807, 2.05) is 0 Å². The first-order valence-electron chi connectivity index (χ1n) is 14.0. The number of aliphatic carboxylic acids is 1. The van der Waals surface area contributed by atoms with Crippen molar-refractivity contribution in [2.45, 2.75) is 106 Å². The van der Waals surface area contributed by atoms with E-state index < -0.39 is 130 Å². The van der Waals surface area contributed by atoms with Crippen LogP contribution in [0.1, 0.15) is 20.3 Å². The van der Waals surface area contributed by atoms with Gasteiger partial charge >= 0.3 is 5.97 Å². The van der Waals surface area contributed by atoms with E-state index in [0.29, 0.717) is 0 Å². The lowest BCUT2D eigenvalue weighted by molar-refractivity contribution is -0.364. The Kier molecular flexibility index (Phi) is 13.0. The minimum atomic E-state index is -2.63. The van der Waals surface area contributed by atoms with Crippen molar-refractivity contribution in [1.82, 2.24) is 0 Å². The van der Waals surface area contributed by atoms with E-state index in [1.165, 1.54) is 6.92 Å². The largest absolute Gasteiger partial charge is 0.477 e. The van der Waals surface area contributed by atoms with Gasteiger partial charge in [0.05, 0.1) is 44.7 Å². The van der Waals surface area contributed by atoms with Crippen LogP contribution in [0.2, 0.25) is 0 Å². The molecule has 0 spiro atoms. The van der Waals surface area contributed by atoms with Crippen molar-refractivity contribution in [2.75, 3.05) is 33.0 Å². The summed E-state index contributed by atoms with van der Waals surface area (Å²) in [6.45, 7) is 0.955. The fourth-order valence-corrected chi connectivity index (χ4v) is 5.34. The predicted octanol–water partition coefficient (Wildman–Crippen LogP) is -5.83. The molecule has 16 atom stereocenters. The molecular formula is C25H45NO17. The maximum absolute atomic E-state index is 12.3. The Morgan fingerprint density at radius 2 is 1.60 bits per heavy atom. The zero-order valence-corrected chi connectivity index (χ0v) is 23.8. The van der Waals surface area contributed by atoms with Gasteiger partial charge in [-0.2, -0.15) is 0 Å². The number of hydrogen-bond acceptors (Lipinski definition) is 17. The van der Waals surface area contributed by atoms with Crippen molar-refractivity contribution in [1.29, 1.82) is 0 Å². The topological polar surface area (TPSA) is 301 Å². The second-order valence-corrected chi connectivity index (χ2v) is 11.2. The smallest absolute Gasteiger partial charge is 0.364 e. The van der Waals surface area contributed by atoms with Crippen LogP contribution in [0.15, 0.2) is 0 Å². The van der Waals surface area contributed by atoms with Gasteiger partial charge in [-0.3, -0.25) is 0 Å². The van der Waals surface area contributed by atoms with Gasteiger partial charge in [0.25, 0.3) is 5.79 Å². The van der Waals surface area contributed by atoms with E-state index in [-0.39, 0.29) is 13.2 Å². The standard InChI is InChI=1S/C25H45NO17/c1-9-11(29)5-25(24(36)37,43-20(9)16(32)12(30)6-27)39-8-14-17(33)18(34)19(35)23(41-14)42-21-13(7-28)40-22(38-4-3-26)10(2)15(21)31/h9-23,27-35H,3-8,26H2,1-2H3,(H,36,37)/t9-,10?,11-,12-,13?,14?,15-,16-,17+,18+,19?,20?,21-,22-,23+,25-/m1/s1. The maximum atomic E-state index is 12.3. The van der Waals surface area contributed by atoms with E-state index in [4.69, 9.17) is 34.2 Å². The number of nitrogens with two attached hydrogens (primary N) is 1. The molecule has 0 radical (unpaired) electrons. The highest BCUT2D eigenvalue weighted by molar-refractivity contribution is 5.76. The number of aliphatic hydroxyl groups excluding tert-OH is 9. The van der Waals surface area contributed by atoms with Crippen molar-refractivity contribution in [3.63, 3.8) is 0 Å². The summed E-state index contributed by atoms with van der Waals surface area (Å²) in [5.41, 5.74) is 5.44. The molecule has 3 aliphatic heterocycles. The van der Waals surface area contributed by atoms with Crippen LogP contribution in [0.4, 0.5) is 0 Å². The van der Waals surface area contributed by atoms with Crippen LogP contribution in [0.5, 0.6) is 0 Å². The summed E-state index contributed by atoms with van der Waals surface area (Å²) in [5, 5.41) is 102. The molecule has 0 saturated carbocycles. The predicted molar refractivity (Wildman–Crippen MR) is 138 cm³/mol. The van der Waals surface area contributed by atoms with Gasteiger partial charge in [0.2, 0.25) is 0 Å². The van der Waals surface area contributed by atoms with Crippen LogP contribution >= 0.6 is 0 Å². The average molecular weight is 632 g/mol. The third-order valence-corrected chi connectivity index (χ3v) is 8.17. The van der Waals surface area contributed by atoms with Gasteiger partial charge in [-0.05, 0) is 0 Å². The third kappa shape index (κ3) is 7.80. The van der Waals surface area contributed by atoms with Crippen LogP contribution < -0.4 is 5.73 Å². The van der Waals surface area contributed by atoms with Crippen LogP contribution in [0.25, 0.3) is 0 Å². The first-order chi connectivity index (χ1) is 20.2. The zero-order chi connectivity index (χ0) is 32.2. The normalized spacial score (nSPS) is 45.4. The number of carboxylic acids is 1. The summed E-state index contributed by atoms with van der Waals surface area (Å²) < 4.78 is 33.5. The summed E-state index contributed by atoms with van der Waals surface area (Å²) in [6, 6.07) is 0. The van der Waals surface area contributed by atoms with Crippen molar-refractivity contribution in [3.05, 3.63) is 0 Å². The van der Waals surface area contributed by atoms with Gasteiger partial charge in [0.1, 0.15) is 48.8 Å². The lowest BCUT2D eigenvalue weighted by Gasteiger charge is -2.48. The lowest BCUT2D eigenvalue weighted by Crippen LogP contribution is -2.64. The van der Waals surface area contributed by atoms with Crippen molar-refractivity contribution in [3.8, 4) is 0 Å². The first-order valence-corrected chi connectivity index (χ1v) is 14.0. The van der Waals surface area contributed by atoms with Crippen LogP contribution in [-0.2, 0) is 33.2 Å². The molecule has 252 valence electrons. The van der Waals surface area contributed by atoms with E-state index in [9.17, 15) is 55.9 Å². The highest BCUT2D eigenvalue weighted by Gasteiger charge is 2.56. The molecule has 43 heavy (non-hydrogen) atoms. The molecule has 0 aromatic rings. The Hall–Kier alpha value is -1.17. The van der Waals surface area contributed by atoms with Crippen LogP contribution in [-0.4, -0.2) is 176 Å². The molecule has 3 aliphatic rings. The van der Waals surface area contributed by atoms with Crippen molar-refractivity contribution in [2.24, 2.45) is 17.6 Å². The summed E-state index contributed by atoms with van der Waals surface area (Å²) in [5.74, 6) is -5.96. The molecule has 18 nitrogen and oxygen atoms in total. The fourth-order valence-electron chi connectivity index (χ4n) is 5.34. The van der Waals surface area contributed by atoms with E-state index in [2.05, 4.69) is 0 Å². The summed E-state index contributed by atoms with van der Waals surface area (Å²) in [6.07, 6.45) is -20.8. The quantitative estimate of drug-likeness (QED) is 0.0901. The fraction of sp³-hybridized carbons (Fsp3) is 0.960. The molecule has 3 rings (SSSR count). The van der Waals surface area contributed by atoms with E-state index in [1.54, 1.807) is 6.92 Å². The van der Waals surface area contributed by atoms with Gasteiger partial charge in [-0.25, -0.2) is 4.79 Å². The molecule has 0 bridgehead atoms. The number of aliphatic hydroxyl groups is 9. The Balaban J connectivity index is 1.76. The van der Waals surface area contributed by atoms with Gasteiger partial charge < -0.3 is 85.2 Å². The maximum Gasteiger partial charge on any atom is 0.364 e. The van der Waals surface area contributed by atoms with Crippen molar-refractivity contribution >= 4 is 5.97 Å². The highest BCUT2D eigenvalue weighted by atomic mass is 16.8. The van der Waals surface area contributed by atoms with E-state index in [0.717, 1.165) is 0 Å². The third-order valence-electron chi connectivity index (χ3n) is 8.17. The number of hydrogen-bond donors (Lipinski definition) is 11. The van der Waals surface area contributed by atoms with Crippen LogP contribution in [0, 0.1) is 11.8 Å². The SMILES string of the molecule is CC1[C@H](OCCN)OC(CO)[C@@H](O[C@@H]2OC(CO[C@]3(C(=O)O)C[C@@H](O)[C@@H](C)C([C@H](O)[C@H](O)CO)O3)[C@H](O)[C@H](O)C2O)[C@@H]1O. The molecule has 3 saturated heterocycles. The summed E-state index contributed by atoms with van der Waals surface area (Å²) in [7, 11) is 0. The van der Waals surface area contributed by atoms with Gasteiger partial charge in [0, 0.05) is 24.8 Å². The number of carbonyl (C=O) groups is 1. The average Bonchev–Trinajstić information content (AvgIpc) is 2.99. The van der Waals surface area contributed by atoms with Gasteiger partial charge in [-0.15, -0.1) is 0 Å². The number of ether oxygens (including phenoxy) is 6. The van der Waals surface area contributed by atoms with Gasteiger partial charge in [-0.1, -0.05) is 13.8 Å². The Bertz CT molecular complexity index is 885. The molecule has 3 fully saturated rings. The number of rotatable bonds is 13. The Morgan fingerprint density at radius 3 is 2.19 bits per heavy atom. The molecule has 0 amide bonds. The zero-order valence-electron chi connectivity index (χ0n) is 23.8. The van der Waals surface area contributed by atoms with Crippen molar-refractivity contribution < 1.29 is 84.3 Å². The molecule has 0 aromatic carbocycles. The Morgan fingerprint density at radius 1 is 0.953 bits per heavy atom. The second-order valence-electron chi connectivity index (χ2n) is 11.2. The summed E-state index contributed by atoms with van der Waals surface area (Å²) in [4.78, 5) is 12.3. The molecule has 3 heterocycles. The van der Waals surface area contributed by atoms with Gasteiger partial charge in [0.15, 0.2) is 12.6 Å².